The van der Waals surface area contributed by atoms with E-state index in [4.69, 9.17) is 4.74 Å². The largest absolute Gasteiger partial charge is 0.433 e. The number of nitrogens with zero attached hydrogens (tertiary/aromatic N) is 2. The molecule has 1 aliphatic heterocycles. The van der Waals surface area contributed by atoms with Crippen LogP contribution in [0.1, 0.15) is 32.6 Å². The van der Waals surface area contributed by atoms with Crippen molar-refractivity contribution in [3.05, 3.63) is 24.3 Å². The molecule has 2 rings (SSSR count). The summed E-state index contributed by atoms with van der Waals surface area (Å²) in [6, 6.07) is 7.14. The van der Waals surface area contributed by atoms with Gasteiger partial charge in [-0.1, -0.05) is 12.1 Å². The lowest BCUT2D eigenvalue weighted by atomic mass is 10.2. The number of rotatable bonds is 11. The fourth-order valence-corrected chi connectivity index (χ4v) is 3.25. The second kappa shape index (κ2) is 14.6. The van der Waals surface area contributed by atoms with Gasteiger partial charge in [0.2, 0.25) is 0 Å². The predicted molar refractivity (Wildman–Crippen MR) is 124 cm³/mol. The van der Waals surface area contributed by atoms with Gasteiger partial charge in [0.15, 0.2) is 5.96 Å². The Hall–Kier alpha value is -1.36. The zero-order valence-corrected chi connectivity index (χ0v) is 19.5. The van der Waals surface area contributed by atoms with Crippen LogP contribution in [0.15, 0.2) is 29.3 Å². The first kappa shape index (κ1) is 25.7. The highest BCUT2D eigenvalue weighted by molar-refractivity contribution is 14.0. The molecule has 0 aromatic heterocycles. The lowest BCUT2D eigenvalue weighted by molar-refractivity contribution is -0.0495. The normalized spacial score (nSPS) is 16.7. The Morgan fingerprint density at radius 1 is 1.28 bits per heavy atom. The molecule has 6 nitrogen and oxygen atoms in total. The molecule has 1 atom stereocenters. The molecule has 1 aromatic carbocycles. The van der Waals surface area contributed by atoms with E-state index in [1.165, 1.54) is 0 Å². The van der Waals surface area contributed by atoms with Crippen molar-refractivity contribution in [1.82, 2.24) is 10.6 Å². The molecule has 1 saturated heterocycles. The predicted octanol–water partition coefficient (Wildman–Crippen LogP) is 3.86. The van der Waals surface area contributed by atoms with Crippen LogP contribution in [0.3, 0.4) is 0 Å². The van der Waals surface area contributed by atoms with Crippen molar-refractivity contribution in [2.45, 2.75) is 45.3 Å². The maximum atomic E-state index is 12.7. The van der Waals surface area contributed by atoms with E-state index < -0.39 is 6.61 Å². The first-order valence-electron chi connectivity index (χ1n) is 9.96. The highest BCUT2D eigenvalue weighted by Crippen LogP contribution is 2.31. The Kier molecular flexibility index (Phi) is 12.9. The third-order valence-electron chi connectivity index (χ3n) is 4.57. The average Bonchev–Trinajstić information content (AvgIpc) is 3.13. The average molecular weight is 526 g/mol. The molecule has 29 heavy (non-hydrogen) atoms. The quantitative estimate of drug-likeness (QED) is 0.199. The fourth-order valence-electron chi connectivity index (χ4n) is 3.25. The molecule has 1 heterocycles. The number of benzene rings is 1. The number of methoxy groups -OCH3 is 1. The van der Waals surface area contributed by atoms with Gasteiger partial charge in [-0.25, -0.2) is 0 Å². The van der Waals surface area contributed by atoms with Crippen molar-refractivity contribution in [1.29, 1.82) is 0 Å². The third kappa shape index (κ3) is 9.33. The molecule has 0 bridgehead atoms. The Labute approximate surface area is 189 Å². The molecule has 166 valence electrons. The SMILES string of the molecule is CCNC(=NCCCCCOC)NC1CCN(c2ccccc2OC(F)F)C1.I. The minimum atomic E-state index is -2.82. The molecule has 0 spiro atoms. The summed E-state index contributed by atoms with van der Waals surface area (Å²) in [4.78, 5) is 6.71. The van der Waals surface area contributed by atoms with Crippen molar-refractivity contribution in [3.8, 4) is 5.75 Å². The Morgan fingerprint density at radius 2 is 2.07 bits per heavy atom. The van der Waals surface area contributed by atoms with Crippen molar-refractivity contribution in [2.24, 2.45) is 4.99 Å². The number of alkyl halides is 2. The van der Waals surface area contributed by atoms with Crippen molar-refractivity contribution in [2.75, 3.05) is 44.8 Å². The summed E-state index contributed by atoms with van der Waals surface area (Å²) in [5.41, 5.74) is 0.701. The lowest BCUT2D eigenvalue weighted by Crippen LogP contribution is -2.44. The van der Waals surface area contributed by atoms with Gasteiger partial charge in [0.25, 0.3) is 0 Å². The Bertz CT molecular complexity index is 608. The molecule has 1 unspecified atom stereocenters. The number of para-hydroxylation sites is 2. The van der Waals surface area contributed by atoms with E-state index in [1.807, 2.05) is 19.1 Å². The van der Waals surface area contributed by atoms with E-state index in [1.54, 1.807) is 19.2 Å². The monoisotopic (exact) mass is 526 g/mol. The fraction of sp³-hybridized carbons (Fsp3) is 0.650. The molecular formula is C20H33F2IN4O2. The number of unbranched alkanes of at least 4 members (excludes halogenated alkanes) is 2. The number of nitrogens with one attached hydrogen (secondary N) is 2. The molecule has 0 radical (unpaired) electrons. The number of hydrogen-bond donors (Lipinski definition) is 2. The maximum absolute atomic E-state index is 12.7. The summed E-state index contributed by atoms with van der Waals surface area (Å²) < 4.78 is 35.0. The van der Waals surface area contributed by atoms with E-state index in [0.29, 0.717) is 12.2 Å². The number of hydrogen-bond acceptors (Lipinski definition) is 4. The molecule has 9 heteroatoms. The molecule has 0 aliphatic carbocycles. The Morgan fingerprint density at radius 3 is 2.79 bits per heavy atom. The molecule has 0 saturated carbocycles. The van der Waals surface area contributed by atoms with Crippen LogP contribution >= 0.6 is 24.0 Å². The van der Waals surface area contributed by atoms with Crippen LogP contribution in [0.4, 0.5) is 14.5 Å². The van der Waals surface area contributed by atoms with Gasteiger partial charge in [0.05, 0.1) is 5.69 Å². The second-order valence-electron chi connectivity index (χ2n) is 6.74. The summed E-state index contributed by atoms with van der Waals surface area (Å²) in [5, 5.41) is 6.74. The van der Waals surface area contributed by atoms with Crippen LogP contribution in [0.25, 0.3) is 0 Å². The lowest BCUT2D eigenvalue weighted by Gasteiger charge is -2.22. The van der Waals surface area contributed by atoms with Crippen LogP contribution in [0, 0.1) is 0 Å². The van der Waals surface area contributed by atoms with Crippen LogP contribution in [-0.4, -0.2) is 58.5 Å². The molecule has 1 aromatic rings. The van der Waals surface area contributed by atoms with Gasteiger partial charge < -0.3 is 25.0 Å². The van der Waals surface area contributed by atoms with E-state index in [9.17, 15) is 8.78 Å². The van der Waals surface area contributed by atoms with Crippen molar-refractivity contribution >= 4 is 35.6 Å². The van der Waals surface area contributed by atoms with Crippen LogP contribution in [0.2, 0.25) is 0 Å². The van der Waals surface area contributed by atoms with Gasteiger partial charge in [-0.2, -0.15) is 8.78 Å². The van der Waals surface area contributed by atoms with Crippen molar-refractivity contribution in [3.63, 3.8) is 0 Å². The number of ether oxygens (including phenoxy) is 2. The zero-order chi connectivity index (χ0) is 20.2. The van der Waals surface area contributed by atoms with E-state index in [-0.39, 0.29) is 35.8 Å². The molecule has 0 amide bonds. The van der Waals surface area contributed by atoms with Gasteiger partial charge in [0, 0.05) is 45.9 Å². The summed E-state index contributed by atoms with van der Waals surface area (Å²) >= 11 is 0. The summed E-state index contributed by atoms with van der Waals surface area (Å²) in [6.45, 7) is 3.04. The number of guanidine groups is 1. The number of anilines is 1. The van der Waals surface area contributed by atoms with Crippen LogP contribution in [-0.2, 0) is 4.74 Å². The van der Waals surface area contributed by atoms with Gasteiger partial charge >= 0.3 is 6.61 Å². The Balaban J connectivity index is 0.00000420. The maximum Gasteiger partial charge on any atom is 0.387 e. The molecular weight excluding hydrogens is 493 g/mol. The van der Waals surface area contributed by atoms with E-state index >= 15 is 0 Å². The standard InChI is InChI=1S/C20H32F2N4O2.HI/c1-3-23-20(24-12-7-4-8-14-27-2)25-16-11-13-26(15-16)17-9-5-6-10-18(17)28-19(21)22;/h5-6,9-10,16,19H,3-4,7-8,11-15H2,1-2H3,(H2,23,24,25);1H. The molecule has 2 N–H and O–H groups in total. The number of halogens is 3. The van der Waals surface area contributed by atoms with Crippen LogP contribution < -0.4 is 20.3 Å². The molecule has 1 fully saturated rings. The molecule has 1 aliphatic rings. The summed E-state index contributed by atoms with van der Waals surface area (Å²) in [5.74, 6) is 1.02. The minimum absolute atomic E-state index is 0. The zero-order valence-electron chi connectivity index (χ0n) is 17.2. The van der Waals surface area contributed by atoms with Crippen molar-refractivity contribution < 1.29 is 18.3 Å². The summed E-state index contributed by atoms with van der Waals surface area (Å²) in [6.07, 6.45) is 4.07. The van der Waals surface area contributed by atoms with Gasteiger partial charge in [-0.05, 0) is 44.7 Å². The van der Waals surface area contributed by atoms with E-state index in [2.05, 4.69) is 25.3 Å². The van der Waals surface area contributed by atoms with Gasteiger partial charge in [0.1, 0.15) is 5.75 Å². The summed E-state index contributed by atoms with van der Waals surface area (Å²) in [7, 11) is 1.72. The first-order valence-corrected chi connectivity index (χ1v) is 9.96. The highest BCUT2D eigenvalue weighted by atomic mass is 127. The van der Waals surface area contributed by atoms with Gasteiger partial charge in [-0.15, -0.1) is 24.0 Å². The second-order valence-corrected chi connectivity index (χ2v) is 6.74. The third-order valence-corrected chi connectivity index (χ3v) is 4.57. The van der Waals surface area contributed by atoms with Gasteiger partial charge in [-0.3, -0.25) is 4.99 Å². The van der Waals surface area contributed by atoms with E-state index in [0.717, 1.165) is 57.9 Å². The topological polar surface area (TPSA) is 58.1 Å². The first-order chi connectivity index (χ1) is 13.6. The smallest absolute Gasteiger partial charge is 0.387 e. The highest BCUT2D eigenvalue weighted by Gasteiger charge is 2.26. The van der Waals surface area contributed by atoms with Crippen LogP contribution in [0.5, 0.6) is 5.75 Å². The minimum Gasteiger partial charge on any atom is -0.433 e. The number of aliphatic imine (C=N–C) groups is 1.